The Morgan fingerprint density at radius 3 is 2.53 bits per heavy atom. The summed E-state index contributed by atoms with van der Waals surface area (Å²) in [5.41, 5.74) is 1.81. The topological polar surface area (TPSA) is 110 Å². The molecule has 0 saturated carbocycles. The molecule has 5 aromatic rings. The Hall–Kier alpha value is -4.75. The normalized spacial score (nSPS) is 14.8. The molecule has 0 spiro atoms. The van der Waals surface area contributed by atoms with Gasteiger partial charge in [-0.2, -0.15) is 5.26 Å². The van der Waals surface area contributed by atoms with Gasteiger partial charge in [0, 0.05) is 40.2 Å². The third-order valence-corrected chi connectivity index (χ3v) is 9.27. The molecular weight excluding hydrogens is 586 g/mol. The minimum absolute atomic E-state index is 0.0827. The molecule has 4 heterocycles. The minimum Gasteiger partial charge on any atom is -0.490 e. The van der Waals surface area contributed by atoms with Gasteiger partial charge in [-0.25, -0.2) is 14.8 Å². The molecule has 0 N–H and O–H groups in total. The lowest BCUT2D eigenvalue weighted by Crippen LogP contribution is -2.42. The quantitative estimate of drug-likeness (QED) is 0.198. The first kappa shape index (κ1) is 30.3. The first-order valence-electron chi connectivity index (χ1n) is 15.1. The van der Waals surface area contributed by atoms with Crippen LogP contribution in [0.15, 0.2) is 71.8 Å². The van der Waals surface area contributed by atoms with E-state index >= 15 is 0 Å². The number of nitrogens with zero attached hydrogens (tertiary/aromatic N) is 5. The van der Waals surface area contributed by atoms with Gasteiger partial charge in [0.2, 0.25) is 0 Å². The lowest BCUT2D eigenvalue weighted by molar-refractivity contribution is 0.0165. The Kier molecular flexibility index (Phi) is 8.30. The predicted octanol–water partition coefficient (Wildman–Crippen LogP) is 7.18. The van der Waals surface area contributed by atoms with Crippen LogP contribution in [0.4, 0.5) is 4.79 Å². The van der Waals surface area contributed by atoms with Gasteiger partial charge < -0.3 is 14.4 Å². The molecule has 45 heavy (non-hydrogen) atoms. The fourth-order valence-electron chi connectivity index (χ4n) is 5.66. The maximum absolute atomic E-state index is 13.2. The lowest BCUT2D eigenvalue weighted by Gasteiger charge is -2.33. The molecule has 6 rings (SSSR count). The summed E-state index contributed by atoms with van der Waals surface area (Å²) in [4.78, 5) is 37.3. The van der Waals surface area contributed by atoms with E-state index in [4.69, 9.17) is 9.47 Å². The number of benzene rings is 2. The molecule has 9 nitrogen and oxygen atoms in total. The fourth-order valence-corrected chi connectivity index (χ4v) is 6.92. The Balaban J connectivity index is 1.13. The number of thiophene rings is 1. The zero-order chi connectivity index (χ0) is 31.7. The third kappa shape index (κ3) is 6.54. The number of hydrogen-bond donors (Lipinski definition) is 0. The van der Waals surface area contributed by atoms with Gasteiger partial charge in [0.05, 0.1) is 36.7 Å². The number of nitriles is 1. The zero-order valence-electron chi connectivity index (χ0n) is 25.8. The van der Waals surface area contributed by atoms with Gasteiger partial charge in [0.15, 0.2) is 11.6 Å². The number of hydrogen-bond acceptors (Lipinski definition) is 8. The van der Waals surface area contributed by atoms with Gasteiger partial charge in [0.25, 0.3) is 5.56 Å². The third-order valence-electron chi connectivity index (χ3n) is 8.08. The summed E-state index contributed by atoms with van der Waals surface area (Å²) in [5, 5.41) is 11.3. The molecule has 230 valence electrons. The van der Waals surface area contributed by atoms with Gasteiger partial charge in [-0.3, -0.25) is 9.36 Å². The first-order chi connectivity index (χ1) is 21.6. The number of carbonyl (C=O) groups is 1. The van der Waals surface area contributed by atoms with Crippen LogP contribution in [-0.4, -0.2) is 50.8 Å². The molecular formula is C35H35N5O4S. The van der Waals surface area contributed by atoms with Crippen molar-refractivity contribution in [2.45, 2.75) is 52.2 Å². The number of carbonyl (C=O) groups excluding carboxylic acids is 1. The summed E-state index contributed by atoms with van der Waals surface area (Å²) in [7, 11) is 0. The Labute approximate surface area is 265 Å². The highest BCUT2D eigenvalue weighted by Gasteiger charge is 2.27. The van der Waals surface area contributed by atoms with Crippen molar-refractivity contribution < 1.29 is 14.3 Å². The van der Waals surface area contributed by atoms with Crippen molar-refractivity contribution in [3.05, 3.63) is 88.5 Å². The van der Waals surface area contributed by atoms with Crippen molar-refractivity contribution in [1.29, 1.82) is 5.26 Å². The van der Waals surface area contributed by atoms with E-state index in [2.05, 4.69) is 16.0 Å². The molecule has 10 heteroatoms. The maximum atomic E-state index is 13.2. The van der Waals surface area contributed by atoms with Gasteiger partial charge in [-0.05, 0) is 82.3 Å². The van der Waals surface area contributed by atoms with Gasteiger partial charge in [0.1, 0.15) is 10.4 Å². The second-order valence-electron chi connectivity index (χ2n) is 12.5. The molecule has 0 bridgehead atoms. The summed E-state index contributed by atoms with van der Waals surface area (Å²) in [6.07, 6.45) is 4.81. The molecule has 0 aliphatic carbocycles. The van der Waals surface area contributed by atoms with E-state index in [1.807, 2.05) is 74.7 Å². The van der Waals surface area contributed by atoms with Crippen molar-refractivity contribution in [3.63, 3.8) is 0 Å². The Bertz CT molecular complexity index is 1960. The maximum Gasteiger partial charge on any atom is 0.410 e. The van der Waals surface area contributed by atoms with Crippen LogP contribution in [0.25, 0.3) is 31.7 Å². The summed E-state index contributed by atoms with van der Waals surface area (Å²) in [6, 6.07) is 19.0. The molecule has 1 saturated heterocycles. The summed E-state index contributed by atoms with van der Waals surface area (Å²) in [5.74, 6) is 1.50. The number of piperidine rings is 1. The number of ether oxygens (including phenoxy) is 2. The van der Waals surface area contributed by atoms with Crippen LogP contribution in [0.1, 0.15) is 57.7 Å². The van der Waals surface area contributed by atoms with Crippen LogP contribution in [0, 0.1) is 17.2 Å². The number of amides is 1. The highest BCUT2D eigenvalue weighted by molar-refractivity contribution is 7.25. The van der Waals surface area contributed by atoms with E-state index in [0.717, 1.165) is 44.3 Å². The van der Waals surface area contributed by atoms with E-state index < -0.39 is 5.60 Å². The number of aromatic nitrogens is 3. The van der Waals surface area contributed by atoms with E-state index in [0.29, 0.717) is 42.8 Å². The Morgan fingerprint density at radius 2 is 1.82 bits per heavy atom. The molecule has 1 aliphatic heterocycles. The van der Waals surface area contributed by atoms with Crippen LogP contribution in [0.3, 0.4) is 0 Å². The second kappa shape index (κ2) is 12.3. The number of pyridine rings is 1. The lowest BCUT2D eigenvalue weighted by atomic mass is 9.98. The predicted molar refractivity (Wildman–Crippen MR) is 176 cm³/mol. The molecule has 1 fully saturated rings. The fraction of sp³-hybridized carbons (Fsp3) is 0.343. The monoisotopic (exact) mass is 621 g/mol. The van der Waals surface area contributed by atoms with Crippen LogP contribution in [0.2, 0.25) is 0 Å². The highest BCUT2D eigenvalue weighted by atomic mass is 32.1. The van der Waals surface area contributed by atoms with Crippen LogP contribution in [0.5, 0.6) is 5.75 Å². The average molecular weight is 622 g/mol. The van der Waals surface area contributed by atoms with E-state index in [9.17, 15) is 14.9 Å². The SMILES string of the molecule is C[C@@H](c1cccc(-c2ncc(OCC3CCN(C(=O)OC(C)(C)C)CC3)cn2)c1)n1c(=O)ccc2c3cc(C#N)ccc3sc21. The van der Waals surface area contributed by atoms with Gasteiger partial charge >= 0.3 is 6.09 Å². The highest BCUT2D eigenvalue weighted by Crippen LogP contribution is 2.36. The second-order valence-corrected chi connectivity index (χ2v) is 13.5. The molecule has 0 unspecified atom stereocenters. The molecule has 1 atom stereocenters. The summed E-state index contributed by atoms with van der Waals surface area (Å²) >= 11 is 1.56. The smallest absolute Gasteiger partial charge is 0.410 e. The molecule has 0 radical (unpaired) electrons. The standard InChI is InChI=1S/C35H35N5O4S/c1-22(40-31(41)11-9-28-29-16-24(18-36)8-10-30(29)45-33(28)40)25-6-5-7-26(17-25)32-37-19-27(20-38-32)43-21-23-12-14-39(15-13-23)34(42)44-35(2,3)4/h5-11,16-17,19-20,22-23H,12-15,21H2,1-4H3/t22-/m0/s1. The number of fused-ring (bicyclic) bond motifs is 3. The largest absolute Gasteiger partial charge is 0.490 e. The average Bonchev–Trinajstić information content (AvgIpc) is 3.40. The Morgan fingerprint density at radius 1 is 1.07 bits per heavy atom. The minimum atomic E-state index is -0.499. The van der Waals surface area contributed by atoms with Crippen LogP contribution >= 0.6 is 11.3 Å². The molecule has 1 amide bonds. The van der Waals surface area contributed by atoms with Crippen molar-refractivity contribution in [2.24, 2.45) is 5.92 Å². The van der Waals surface area contributed by atoms with Crippen molar-refractivity contribution in [3.8, 4) is 23.2 Å². The van der Waals surface area contributed by atoms with Crippen LogP contribution in [-0.2, 0) is 4.74 Å². The van der Waals surface area contributed by atoms with Gasteiger partial charge in [-0.15, -0.1) is 11.3 Å². The zero-order valence-corrected chi connectivity index (χ0v) is 26.6. The molecule has 2 aromatic carbocycles. The van der Waals surface area contributed by atoms with E-state index in [1.165, 1.54) is 0 Å². The molecule has 3 aromatic heterocycles. The van der Waals surface area contributed by atoms with Crippen molar-refractivity contribution in [2.75, 3.05) is 19.7 Å². The molecule has 1 aliphatic rings. The van der Waals surface area contributed by atoms with Crippen molar-refractivity contribution >= 4 is 37.7 Å². The van der Waals surface area contributed by atoms with E-state index in [-0.39, 0.29) is 17.7 Å². The summed E-state index contributed by atoms with van der Waals surface area (Å²) < 4.78 is 14.4. The number of likely N-dealkylation sites (tertiary alicyclic amines) is 1. The first-order valence-corrected chi connectivity index (χ1v) is 15.9. The van der Waals surface area contributed by atoms with Crippen LogP contribution < -0.4 is 10.3 Å². The number of rotatable bonds is 6. The van der Waals surface area contributed by atoms with E-state index in [1.54, 1.807) is 40.8 Å². The van der Waals surface area contributed by atoms with Gasteiger partial charge in [-0.1, -0.05) is 18.2 Å². The van der Waals surface area contributed by atoms with Crippen molar-refractivity contribution in [1.82, 2.24) is 19.4 Å². The summed E-state index contributed by atoms with van der Waals surface area (Å²) in [6.45, 7) is 9.48.